The third kappa shape index (κ3) is 3.51. The highest BCUT2D eigenvalue weighted by Crippen LogP contribution is 2.21. The first-order chi connectivity index (χ1) is 12.4. The number of aryl methyl sites for hydroxylation is 1. The van der Waals surface area contributed by atoms with Crippen LogP contribution in [0.4, 0.5) is 4.79 Å². The minimum atomic E-state index is -0.529. The van der Waals surface area contributed by atoms with Gasteiger partial charge in [-0.2, -0.15) is 0 Å². The third-order valence-electron chi connectivity index (χ3n) is 4.02. The van der Waals surface area contributed by atoms with E-state index in [2.05, 4.69) is 15.3 Å². The molecule has 0 aliphatic rings. The van der Waals surface area contributed by atoms with E-state index in [0.717, 1.165) is 16.6 Å². The molecule has 2 aromatic heterocycles. The number of aromatic nitrogens is 3. The Kier molecular flexibility index (Phi) is 5.15. The fourth-order valence-corrected chi connectivity index (χ4v) is 3.17. The first kappa shape index (κ1) is 18.2. The predicted octanol–water partition coefficient (Wildman–Crippen LogP) is 3.25. The number of ether oxygens (including phenoxy) is 1. The molecule has 0 aliphatic carbocycles. The highest BCUT2D eigenvalue weighted by molar-refractivity contribution is 7.71. The topological polar surface area (TPSA) is 91.9 Å². The monoisotopic (exact) mass is 392 g/mol. The van der Waals surface area contributed by atoms with E-state index in [-0.39, 0.29) is 12.2 Å². The van der Waals surface area contributed by atoms with Crippen LogP contribution in [0.1, 0.15) is 16.7 Å². The molecule has 1 aromatic carbocycles. The molecule has 0 fully saturated rings. The Morgan fingerprint density at radius 2 is 2.19 bits per heavy atom. The van der Waals surface area contributed by atoms with Crippen molar-refractivity contribution in [1.82, 2.24) is 19.9 Å². The largest absolute Gasteiger partial charge is 0.445 e. The number of nitrogens with one attached hydrogen (secondary N) is 3. The van der Waals surface area contributed by atoms with Gasteiger partial charge < -0.3 is 19.6 Å². The van der Waals surface area contributed by atoms with Crippen LogP contribution < -0.4 is 10.9 Å². The summed E-state index contributed by atoms with van der Waals surface area (Å²) >= 11 is 11.5. The summed E-state index contributed by atoms with van der Waals surface area (Å²) in [5.41, 5.74) is 3.52. The first-order valence-electron chi connectivity index (χ1n) is 7.83. The number of hydrogen-bond donors (Lipinski definition) is 3. The van der Waals surface area contributed by atoms with Crippen LogP contribution in [0.3, 0.4) is 0 Å². The number of rotatable bonds is 4. The van der Waals surface area contributed by atoms with Crippen LogP contribution in [0, 0.1) is 11.7 Å². The normalized spacial score (nSPS) is 10.9. The van der Waals surface area contributed by atoms with Gasteiger partial charge in [-0.15, -0.1) is 0 Å². The quantitative estimate of drug-likeness (QED) is 0.594. The number of benzene rings is 1. The molecule has 0 spiro atoms. The summed E-state index contributed by atoms with van der Waals surface area (Å²) in [5.74, 6) is 0. The van der Waals surface area contributed by atoms with Crippen LogP contribution in [0.25, 0.3) is 11.0 Å². The fourth-order valence-electron chi connectivity index (χ4n) is 2.75. The van der Waals surface area contributed by atoms with Gasteiger partial charge >= 0.3 is 6.09 Å². The number of H-pyrrole nitrogens is 2. The molecule has 0 saturated heterocycles. The molecular weight excluding hydrogens is 376 g/mol. The van der Waals surface area contributed by atoms with Gasteiger partial charge in [0.1, 0.15) is 12.1 Å². The number of carbonyl (C=O) groups excluding carboxylic acids is 1. The van der Waals surface area contributed by atoms with E-state index in [1.54, 1.807) is 12.3 Å². The lowest BCUT2D eigenvalue weighted by Gasteiger charge is -2.12. The van der Waals surface area contributed by atoms with E-state index >= 15 is 0 Å². The molecule has 3 rings (SSSR count). The standard InChI is InChI=1S/C17H17ClN4O3S/c1-9-6-20-13-14(9)22(16(26)21-15(13)23)7-10-3-4-12(18)11(5-10)8-25-17(24)19-2/h3-6,20H,7-8H2,1-2H3,(H,19,24)(H,21,23,26). The lowest BCUT2D eigenvalue weighted by molar-refractivity contribution is 0.142. The van der Waals surface area contributed by atoms with Crippen molar-refractivity contribution in [3.63, 3.8) is 0 Å². The van der Waals surface area contributed by atoms with E-state index in [1.807, 2.05) is 23.6 Å². The van der Waals surface area contributed by atoms with E-state index in [0.29, 0.717) is 27.4 Å². The SMILES string of the molecule is CNC(=O)OCc1cc(Cn2c(=S)[nH]c(=O)c3[nH]cc(C)c32)ccc1Cl. The molecule has 0 saturated carbocycles. The number of carbonyl (C=O) groups is 1. The summed E-state index contributed by atoms with van der Waals surface area (Å²) in [6, 6.07) is 5.47. The van der Waals surface area contributed by atoms with Gasteiger partial charge in [0.2, 0.25) is 0 Å². The van der Waals surface area contributed by atoms with Crippen LogP contribution in [0.5, 0.6) is 0 Å². The summed E-state index contributed by atoms with van der Waals surface area (Å²) in [6.07, 6.45) is 1.24. The summed E-state index contributed by atoms with van der Waals surface area (Å²) in [7, 11) is 1.49. The molecule has 0 bridgehead atoms. The van der Waals surface area contributed by atoms with Crippen molar-refractivity contribution in [3.8, 4) is 0 Å². The Balaban J connectivity index is 1.99. The van der Waals surface area contributed by atoms with Gasteiger partial charge in [0.15, 0.2) is 4.77 Å². The molecule has 7 nitrogen and oxygen atoms in total. The predicted molar refractivity (Wildman–Crippen MR) is 102 cm³/mol. The summed E-state index contributed by atoms with van der Waals surface area (Å²) < 4.78 is 7.25. The summed E-state index contributed by atoms with van der Waals surface area (Å²) in [6.45, 7) is 2.41. The highest BCUT2D eigenvalue weighted by Gasteiger charge is 2.12. The van der Waals surface area contributed by atoms with Crippen LogP contribution in [0.2, 0.25) is 5.02 Å². The average molecular weight is 393 g/mol. The van der Waals surface area contributed by atoms with Gasteiger partial charge in [-0.05, 0) is 42.4 Å². The van der Waals surface area contributed by atoms with Crippen LogP contribution in [0.15, 0.2) is 29.2 Å². The number of aromatic amines is 2. The minimum Gasteiger partial charge on any atom is -0.445 e. The maximum atomic E-state index is 12.1. The van der Waals surface area contributed by atoms with Gasteiger partial charge in [-0.1, -0.05) is 17.7 Å². The van der Waals surface area contributed by atoms with Gasteiger partial charge in [0, 0.05) is 23.8 Å². The zero-order valence-corrected chi connectivity index (χ0v) is 15.8. The summed E-state index contributed by atoms with van der Waals surface area (Å²) in [4.78, 5) is 29.0. The lowest BCUT2D eigenvalue weighted by atomic mass is 10.1. The Morgan fingerprint density at radius 1 is 1.42 bits per heavy atom. The Labute approximate surface area is 159 Å². The van der Waals surface area contributed by atoms with E-state index in [1.165, 1.54) is 7.05 Å². The first-order valence-corrected chi connectivity index (χ1v) is 8.62. The van der Waals surface area contributed by atoms with E-state index in [4.69, 9.17) is 28.6 Å². The zero-order chi connectivity index (χ0) is 18.8. The average Bonchev–Trinajstić information content (AvgIpc) is 3.00. The highest BCUT2D eigenvalue weighted by atomic mass is 35.5. The lowest BCUT2D eigenvalue weighted by Crippen LogP contribution is -2.19. The number of amides is 1. The number of alkyl carbamates (subject to hydrolysis) is 1. The second-order valence-electron chi connectivity index (χ2n) is 5.79. The maximum absolute atomic E-state index is 12.1. The van der Waals surface area contributed by atoms with Crippen LogP contribution in [-0.4, -0.2) is 27.7 Å². The van der Waals surface area contributed by atoms with Crippen molar-refractivity contribution in [2.45, 2.75) is 20.1 Å². The second kappa shape index (κ2) is 7.35. The Hall–Kier alpha value is -2.58. The molecule has 136 valence electrons. The van der Waals surface area contributed by atoms with Crippen molar-refractivity contribution < 1.29 is 9.53 Å². The summed E-state index contributed by atoms with van der Waals surface area (Å²) in [5, 5.41) is 2.89. The van der Waals surface area contributed by atoms with Crippen molar-refractivity contribution >= 4 is 40.9 Å². The van der Waals surface area contributed by atoms with Gasteiger partial charge in [0.25, 0.3) is 5.56 Å². The molecule has 3 aromatic rings. The molecule has 26 heavy (non-hydrogen) atoms. The minimum absolute atomic E-state index is 0.0575. The molecule has 3 N–H and O–H groups in total. The molecule has 0 atom stereocenters. The molecular formula is C17H17ClN4O3S. The van der Waals surface area contributed by atoms with Crippen molar-refractivity contribution in [2.24, 2.45) is 0 Å². The van der Waals surface area contributed by atoms with Gasteiger partial charge in [-0.25, -0.2) is 4.79 Å². The van der Waals surface area contributed by atoms with Crippen molar-refractivity contribution in [3.05, 3.63) is 61.2 Å². The number of fused-ring (bicyclic) bond motifs is 1. The van der Waals surface area contributed by atoms with Crippen LogP contribution in [-0.2, 0) is 17.9 Å². The van der Waals surface area contributed by atoms with E-state index in [9.17, 15) is 9.59 Å². The maximum Gasteiger partial charge on any atom is 0.407 e. The van der Waals surface area contributed by atoms with Crippen molar-refractivity contribution in [2.75, 3.05) is 7.05 Å². The molecule has 0 unspecified atom stereocenters. The van der Waals surface area contributed by atoms with Gasteiger partial charge in [0.05, 0.1) is 12.1 Å². The van der Waals surface area contributed by atoms with E-state index < -0.39 is 6.09 Å². The molecule has 2 heterocycles. The fraction of sp³-hybridized carbons (Fsp3) is 0.235. The number of hydrogen-bond acceptors (Lipinski definition) is 4. The molecule has 0 radical (unpaired) electrons. The third-order valence-corrected chi connectivity index (χ3v) is 4.71. The second-order valence-corrected chi connectivity index (χ2v) is 6.59. The zero-order valence-electron chi connectivity index (χ0n) is 14.2. The molecule has 0 aliphatic heterocycles. The smallest absolute Gasteiger partial charge is 0.407 e. The number of halogens is 1. The molecule has 1 amide bonds. The van der Waals surface area contributed by atoms with Crippen molar-refractivity contribution in [1.29, 1.82) is 0 Å². The molecule has 9 heteroatoms. The number of nitrogens with zero attached hydrogens (tertiary/aromatic N) is 1. The Bertz CT molecular complexity index is 1100. The Morgan fingerprint density at radius 3 is 2.92 bits per heavy atom. The van der Waals surface area contributed by atoms with Crippen LogP contribution >= 0.6 is 23.8 Å². The van der Waals surface area contributed by atoms with Gasteiger partial charge in [-0.3, -0.25) is 9.78 Å².